The van der Waals surface area contributed by atoms with Gasteiger partial charge in [-0.1, -0.05) is 65.0 Å². The second-order valence-corrected chi connectivity index (χ2v) is 11.3. The van der Waals surface area contributed by atoms with Gasteiger partial charge in [0.1, 0.15) is 11.5 Å². The van der Waals surface area contributed by atoms with Crippen molar-refractivity contribution in [3.8, 4) is 17.2 Å². The Labute approximate surface area is 214 Å². The van der Waals surface area contributed by atoms with E-state index in [0.717, 1.165) is 52.3 Å². The minimum atomic E-state index is -0.815. The van der Waals surface area contributed by atoms with Gasteiger partial charge in [0.15, 0.2) is 0 Å². The maximum Gasteiger partial charge on any atom is 0.307 e. The van der Waals surface area contributed by atoms with E-state index in [1.165, 1.54) is 5.56 Å². The van der Waals surface area contributed by atoms with E-state index in [2.05, 4.69) is 65.0 Å². The highest BCUT2D eigenvalue weighted by Gasteiger charge is 2.32. The van der Waals surface area contributed by atoms with Gasteiger partial charge in [-0.05, 0) is 65.5 Å². The Kier molecular flexibility index (Phi) is 7.12. The van der Waals surface area contributed by atoms with Crippen LogP contribution in [0, 0.1) is 12.3 Å². The summed E-state index contributed by atoms with van der Waals surface area (Å²) >= 11 is 0. The Bertz CT molecular complexity index is 1270. The Hall–Kier alpha value is -3.34. The van der Waals surface area contributed by atoms with Gasteiger partial charge in [-0.15, -0.1) is 0 Å². The zero-order valence-electron chi connectivity index (χ0n) is 22.3. The topological polar surface area (TPSA) is 72.6 Å². The summed E-state index contributed by atoms with van der Waals surface area (Å²) in [7, 11) is 0. The molecule has 1 aromatic heterocycles. The molecule has 0 saturated heterocycles. The van der Waals surface area contributed by atoms with E-state index in [4.69, 9.17) is 14.1 Å². The fourth-order valence-corrected chi connectivity index (χ4v) is 4.88. The van der Waals surface area contributed by atoms with E-state index in [0.29, 0.717) is 18.9 Å². The zero-order valence-corrected chi connectivity index (χ0v) is 22.3. The number of fused-ring (bicyclic) bond motifs is 1. The van der Waals surface area contributed by atoms with Gasteiger partial charge in [-0.2, -0.15) is 0 Å². The summed E-state index contributed by atoms with van der Waals surface area (Å²) in [4.78, 5) is 16.0. The van der Waals surface area contributed by atoms with Crippen molar-refractivity contribution in [3.05, 3.63) is 76.7 Å². The van der Waals surface area contributed by atoms with Crippen molar-refractivity contribution in [2.75, 3.05) is 6.61 Å². The number of aliphatic carboxylic acids is 1. The molecular formula is C31H37NO4. The standard InChI is InChI=1S/C31H37NO4/c1-20-26(32-29(36-20)21-10-12-22(13-11-21)30(2,3)4)17-19-35-27-9-7-8-23-24(27)16-18-31(5,6)25(23)14-15-28(33)34/h7-14H,15-19H2,1-6H3,(H,33,34)/b25-14+. The molecule has 5 nitrogen and oxygen atoms in total. The van der Waals surface area contributed by atoms with Gasteiger partial charge in [0.2, 0.25) is 5.89 Å². The summed E-state index contributed by atoms with van der Waals surface area (Å²) in [6.07, 6.45) is 4.38. The number of carboxylic acid groups (broad SMARTS) is 1. The predicted molar refractivity (Wildman–Crippen MR) is 143 cm³/mol. The third kappa shape index (κ3) is 5.56. The minimum absolute atomic E-state index is 0.0238. The molecule has 3 aromatic rings. The molecule has 0 fully saturated rings. The summed E-state index contributed by atoms with van der Waals surface area (Å²) in [5.41, 5.74) is 6.53. The highest BCUT2D eigenvalue weighted by atomic mass is 16.5. The van der Waals surface area contributed by atoms with Crippen LogP contribution in [0.5, 0.6) is 5.75 Å². The van der Waals surface area contributed by atoms with E-state index in [-0.39, 0.29) is 17.3 Å². The first-order valence-corrected chi connectivity index (χ1v) is 12.7. The summed E-state index contributed by atoms with van der Waals surface area (Å²) in [6.45, 7) is 13.4. The summed E-state index contributed by atoms with van der Waals surface area (Å²) in [6, 6.07) is 14.5. The molecule has 0 bridgehead atoms. The lowest BCUT2D eigenvalue weighted by Gasteiger charge is -2.35. The smallest absolute Gasteiger partial charge is 0.307 e. The van der Waals surface area contributed by atoms with Crippen LogP contribution in [0.4, 0.5) is 0 Å². The third-order valence-electron chi connectivity index (χ3n) is 7.12. The molecule has 0 amide bonds. The monoisotopic (exact) mass is 487 g/mol. The predicted octanol–water partition coefficient (Wildman–Crippen LogP) is 7.40. The number of benzene rings is 2. The highest BCUT2D eigenvalue weighted by Crippen LogP contribution is 2.47. The van der Waals surface area contributed by atoms with Crippen LogP contribution < -0.4 is 4.74 Å². The molecule has 2 aromatic carbocycles. The van der Waals surface area contributed by atoms with Crippen molar-refractivity contribution < 1.29 is 19.1 Å². The molecule has 0 saturated carbocycles. The van der Waals surface area contributed by atoms with Crippen LogP contribution in [-0.4, -0.2) is 22.7 Å². The molecule has 0 radical (unpaired) electrons. The Balaban J connectivity index is 1.48. The molecule has 0 atom stereocenters. The number of carbonyl (C=O) groups is 1. The van der Waals surface area contributed by atoms with Crippen LogP contribution in [0.1, 0.15) is 75.6 Å². The van der Waals surface area contributed by atoms with Crippen LogP contribution in [0.3, 0.4) is 0 Å². The number of hydrogen-bond donors (Lipinski definition) is 1. The molecule has 4 rings (SSSR count). The molecule has 1 aliphatic carbocycles. The molecule has 36 heavy (non-hydrogen) atoms. The van der Waals surface area contributed by atoms with Gasteiger partial charge >= 0.3 is 5.97 Å². The summed E-state index contributed by atoms with van der Waals surface area (Å²) < 4.78 is 12.2. The number of ether oxygens (including phenoxy) is 1. The van der Waals surface area contributed by atoms with Gasteiger partial charge in [0.25, 0.3) is 0 Å². The first-order valence-electron chi connectivity index (χ1n) is 12.7. The SMILES string of the molecule is Cc1oc(-c2ccc(C(C)(C)C)cc2)nc1CCOc1cccc2c1CCC(C)(C)/C2=C/CC(=O)O. The van der Waals surface area contributed by atoms with E-state index in [9.17, 15) is 9.90 Å². The normalized spacial score (nSPS) is 16.1. The molecule has 0 unspecified atom stereocenters. The minimum Gasteiger partial charge on any atom is -0.493 e. The molecule has 0 aliphatic heterocycles. The molecule has 5 heteroatoms. The van der Waals surface area contributed by atoms with E-state index < -0.39 is 5.97 Å². The summed E-state index contributed by atoms with van der Waals surface area (Å²) in [5, 5.41) is 9.20. The Morgan fingerprint density at radius 1 is 1.17 bits per heavy atom. The Morgan fingerprint density at radius 3 is 2.56 bits per heavy atom. The van der Waals surface area contributed by atoms with Gasteiger partial charge < -0.3 is 14.3 Å². The van der Waals surface area contributed by atoms with Crippen molar-refractivity contribution >= 4 is 11.5 Å². The molecule has 1 N–H and O–H groups in total. The number of carboxylic acids is 1. The quantitative estimate of drug-likeness (QED) is 0.376. The molecule has 1 heterocycles. The van der Waals surface area contributed by atoms with Crippen LogP contribution in [0.25, 0.3) is 17.0 Å². The number of nitrogens with zero attached hydrogens (tertiary/aromatic N) is 1. The van der Waals surface area contributed by atoms with Crippen LogP contribution in [0.2, 0.25) is 0 Å². The lowest BCUT2D eigenvalue weighted by Crippen LogP contribution is -2.22. The number of aromatic nitrogens is 1. The van der Waals surface area contributed by atoms with Gasteiger partial charge in [0.05, 0.1) is 18.7 Å². The molecular weight excluding hydrogens is 450 g/mol. The first-order chi connectivity index (χ1) is 17.0. The van der Waals surface area contributed by atoms with Crippen LogP contribution in [0.15, 0.2) is 53.0 Å². The molecule has 0 spiro atoms. The number of hydrogen-bond acceptors (Lipinski definition) is 4. The van der Waals surface area contributed by atoms with E-state index in [1.807, 2.05) is 25.1 Å². The fraction of sp³-hybridized carbons (Fsp3) is 0.419. The van der Waals surface area contributed by atoms with Gasteiger partial charge in [-0.25, -0.2) is 4.98 Å². The maximum absolute atomic E-state index is 11.2. The van der Waals surface area contributed by atoms with Crippen molar-refractivity contribution in [2.24, 2.45) is 5.41 Å². The third-order valence-corrected chi connectivity index (χ3v) is 7.12. The van der Waals surface area contributed by atoms with Crippen molar-refractivity contribution in [1.82, 2.24) is 4.98 Å². The highest BCUT2D eigenvalue weighted by molar-refractivity contribution is 5.79. The maximum atomic E-state index is 11.2. The van der Waals surface area contributed by atoms with Crippen molar-refractivity contribution in [2.45, 2.75) is 72.6 Å². The Morgan fingerprint density at radius 2 is 1.89 bits per heavy atom. The first kappa shape index (κ1) is 25.7. The lowest BCUT2D eigenvalue weighted by molar-refractivity contribution is -0.136. The lowest BCUT2D eigenvalue weighted by atomic mass is 9.70. The number of allylic oxidation sites excluding steroid dienone is 1. The second-order valence-electron chi connectivity index (χ2n) is 11.3. The molecule has 1 aliphatic rings. The average molecular weight is 488 g/mol. The fourth-order valence-electron chi connectivity index (χ4n) is 4.88. The average Bonchev–Trinajstić information content (AvgIpc) is 3.18. The summed E-state index contributed by atoms with van der Waals surface area (Å²) in [5.74, 6) is 1.49. The van der Waals surface area contributed by atoms with Crippen molar-refractivity contribution in [3.63, 3.8) is 0 Å². The van der Waals surface area contributed by atoms with E-state index >= 15 is 0 Å². The number of aryl methyl sites for hydroxylation is 1. The zero-order chi connectivity index (χ0) is 26.1. The largest absolute Gasteiger partial charge is 0.493 e. The van der Waals surface area contributed by atoms with Crippen LogP contribution in [-0.2, 0) is 23.1 Å². The van der Waals surface area contributed by atoms with Crippen LogP contribution >= 0.6 is 0 Å². The van der Waals surface area contributed by atoms with Gasteiger partial charge in [0, 0.05) is 17.5 Å². The molecule has 190 valence electrons. The van der Waals surface area contributed by atoms with Crippen molar-refractivity contribution in [1.29, 1.82) is 0 Å². The number of rotatable bonds is 7. The second kappa shape index (κ2) is 9.96. The van der Waals surface area contributed by atoms with Gasteiger partial charge in [-0.3, -0.25) is 4.79 Å². The number of oxazole rings is 1. The van der Waals surface area contributed by atoms with E-state index in [1.54, 1.807) is 0 Å².